The molecular weight excluding hydrogens is 588 g/mol. The van der Waals surface area contributed by atoms with E-state index in [-0.39, 0.29) is 48.7 Å². The maximum atomic E-state index is 14.2. The van der Waals surface area contributed by atoms with Gasteiger partial charge in [0.05, 0.1) is 31.1 Å². The number of aromatic nitrogens is 2. The van der Waals surface area contributed by atoms with Gasteiger partial charge in [0.2, 0.25) is 5.91 Å². The number of imidazole rings is 1. The molecule has 4 atom stereocenters. The second-order valence-corrected chi connectivity index (χ2v) is 13.7. The number of hydrogen-bond donors (Lipinski definition) is 1. The molecule has 2 saturated heterocycles. The largest absolute Gasteiger partial charge is 0.434 e. The molecule has 1 aromatic carbocycles. The Morgan fingerprint density at radius 3 is 2.47 bits per heavy atom. The lowest BCUT2D eigenvalue weighted by atomic mass is 9.90. The highest BCUT2D eigenvalue weighted by molar-refractivity contribution is 5.98. The van der Waals surface area contributed by atoms with Gasteiger partial charge in [0.15, 0.2) is 5.69 Å². The Morgan fingerprint density at radius 1 is 1.11 bits per heavy atom. The van der Waals surface area contributed by atoms with Crippen molar-refractivity contribution in [3.8, 4) is 0 Å². The number of nitrogens with one attached hydrogen (secondary N) is 1. The van der Waals surface area contributed by atoms with Crippen LogP contribution in [0.3, 0.4) is 0 Å². The van der Waals surface area contributed by atoms with E-state index in [9.17, 15) is 22.4 Å². The van der Waals surface area contributed by atoms with Crippen LogP contribution >= 0.6 is 0 Å². The lowest BCUT2D eigenvalue weighted by Crippen LogP contribution is -2.63. The number of ether oxygens (including phenoxy) is 1. The Labute approximate surface area is 261 Å². The fourth-order valence-corrected chi connectivity index (χ4v) is 7.25. The molecule has 6 rings (SSSR count). The predicted octanol–water partition coefficient (Wildman–Crippen LogP) is 4.48. The molecule has 2 aromatic heterocycles. The van der Waals surface area contributed by atoms with E-state index in [1.165, 1.54) is 16.5 Å². The van der Waals surface area contributed by atoms with Gasteiger partial charge in [-0.15, -0.1) is 0 Å². The van der Waals surface area contributed by atoms with E-state index in [1.54, 1.807) is 17.0 Å². The van der Waals surface area contributed by atoms with Crippen molar-refractivity contribution in [2.45, 2.75) is 76.8 Å². The number of amides is 1. The Hall–Kier alpha value is -3.06. The number of hydrogen-bond acceptors (Lipinski definition) is 6. The Balaban J connectivity index is 1.34. The van der Waals surface area contributed by atoms with Crippen molar-refractivity contribution in [1.82, 2.24) is 24.5 Å². The topological polar surface area (TPSA) is 65.4 Å². The first-order valence-electron chi connectivity index (χ1n) is 15.7. The van der Waals surface area contributed by atoms with Crippen molar-refractivity contribution < 1.29 is 27.1 Å². The van der Waals surface area contributed by atoms with Gasteiger partial charge in [-0.3, -0.25) is 14.6 Å². The molecule has 0 bridgehead atoms. The Bertz CT molecular complexity index is 1550. The van der Waals surface area contributed by atoms with Gasteiger partial charge in [0.1, 0.15) is 11.5 Å². The van der Waals surface area contributed by atoms with Crippen molar-refractivity contribution >= 4 is 17.2 Å². The Kier molecular flexibility index (Phi) is 8.47. The van der Waals surface area contributed by atoms with Gasteiger partial charge in [-0.25, -0.2) is 9.37 Å². The van der Waals surface area contributed by atoms with Gasteiger partial charge in [-0.2, -0.15) is 13.2 Å². The number of fused-ring (bicyclic) bond motifs is 3. The first-order valence-corrected chi connectivity index (χ1v) is 15.7. The SMILES string of the molecule is C[C@@H]1CN(CC(=O)N2CC(C)(C)c3c2cc(Cc2ccc(F)cc2)c2nc(C(F)(F)F)cn32)[C@@H](CN2[C@H](C)COC[C@H]2C)CN1. The van der Waals surface area contributed by atoms with Crippen molar-refractivity contribution in [2.75, 3.05) is 50.8 Å². The van der Waals surface area contributed by atoms with E-state index in [4.69, 9.17) is 4.74 Å². The van der Waals surface area contributed by atoms with E-state index < -0.39 is 23.1 Å². The molecule has 0 unspecified atom stereocenters. The number of anilines is 1. The third-order valence-electron chi connectivity index (χ3n) is 9.51. The highest BCUT2D eigenvalue weighted by Crippen LogP contribution is 2.43. The molecule has 1 amide bonds. The van der Waals surface area contributed by atoms with E-state index in [0.29, 0.717) is 43.2 Å². The van der Waals surface area contributed by atoms with Crippen LogP contribution in [0.4, 0.5) is 23.2 Å². The zero-order valence-electron chi connectivity index (χ0n) is 26.5. The summed E-state index contributed by atoms with van der Waals surface area (Å²) in [4.78, 5) is 24.7. The van der Waals surface area contributed by atoms with Crippen LogP contribution in [0.15, 0.2) is 36.5 Å². The van der Waals surface area contributed by atoms with Gasteiger partial charge in [0, 0.05) is 73.9 Å². The fourth-order valence-electron chi connectivity index (χ4n) is 7.25. The number of alkyl halides is 3. The van der Waals surface area contributed by atoms with Crippen molar-refractivity contribution in [3.05, 3.63) is 64.9 Å². The van der Waals surface area contributed by atoms with Gasteiger partial charge >= 0.3 is 6.18 Å². The zero-order valence-corrected chi connectivity index (χ0v) is 26.5. The monoisotopic (exact) mass is 630 g/mol. The van der Waals surface area contributed by atoms with Crippen LogP contribution in [0.2, 0.25) is 0 Å². The normalized spacial score (nSPS) is 26.0. The molecule has 0 aliphatic carbocycles. The summed E-state index contributed by atoms with van der Waals surface area (Å²) in [5.41, 5.74) is 1.06. The number of halogens is 4. The van der Waals surface area contributed by atoms with Crippen LogP contribution < -0.4 is 10.2 Å². The highest BCUT2D eigenvalue weighted by atomic mass is 19.4. The zero-order chi connectivity index (χ0) is 32.3. The first-order chi connectivity index (χ1) is 21.2. The molecule has 8 nitrogen and oxygen atoms in total. The Morgan fingerprint density at radius 2 is 1.80 bits per heavy atom. The molecule has 3 aromatic rings. The molecule has 3 aliphatic heterocycles. The number of pyridine rings is 1. The summed E-state index contributed by atoms with van der Waals surface area (Å²) in [6.45, 7) is 14.5. The van der Waals surface area contributed by atoms with Gasteiger partial charge < -0.3 is 19.4 Å². The van der Waals surface area contributed by atoms with Gasteiger partial charge in [-0.05, 0) is 44.5 Å². The molecule has 244 valence electrons. The van der Waals surface area contributed by atoms with Crippen LogP contribution in [0.1, 0.15) is 57.1 Å². The van der Waals surface area contributed by atoms with Crippen LogP contribution in [-0.2, 0) is 27.5 Å². The number of morpholine rings is 1. The third kappa shape index (κ3) is 6.34. The number of carbonyl (C=O) groups excluding carboxylic acids is 1. The molecule has 2 fully saturated rings. The summed E-state index contributed by atoms with van der Waals surface area (Å²) in [5, 5.41) is 3.57. The van der Waals surface area contributed by atoms with E-state index in [2.05, 4.69) is 40.9 Å². The summed E-state index contributed by atoms with van der Waals surface area (Å²) in [6, 6.07) is 8.56. The molecule has 5 heterocycles. The third-order valence-corrected chi connectivity index (χ3v) is 9.51. The second-order valence-electron chi connectivity index (χ2n) is 13.7. The number of nitrogens with zero attached hydrogens (tertiary/aromatic N) is 5. The quantitative estimate of drug-likeness (QED) is 0.406. The second kappa shape index (κ2) is 11.9. The number of benzene rings is 1. The minimum Gasteiger partial charge on any atom is -0.378 e. The van der Waals surface area contributed by atoms with E-state index in [1.807, 2.05) is 19.9 Å². The fraction of sp³-hybridized carbons (Fsp3) is 0.576. The van der Waals surface area contributed by atoms with Crippen LogP contribution in [0.25, 0.3) is 5.65 Å². The lowest BCUT2D eigenvalue weighted by molar-refractivity contribution is -0.140. The van der Waals surface area contributed by atoms with Gasteiger partial charge in [0.25, 0.3) is 0 Å². The standard InChI is InChI=1S/C33H42F4N6O2/c1-20-13-40(26(12-38-20)14-41-21(2)17-45-18-22(41)3)16-29(44)43-19-32(4,5)30-27(43)11-24(10-23-6-8-25(34)9-7-23)31-39-28(15-42(30)31)33(35,36)37/h6-9,11,15,20-22,26,38H,10,12-14,16-19H2,1-5H3/t20-,21-,22-,26-/m1/s1. The first kappa shape index (κ1) is 31.9. The van der Waals surface area contributed by atoms with Gasteiger partial charge in [-0.1, -0.05) is 26.0 Å². The molecule has 0 radical (unpaired) electrons. The minimum atomic E-state index is -4.63. The maximum absolute atomic E-state index is 14.2. The highest BCUT2D eigenvalue weighted by Gasteiger charge is 2.43. The summed E-state index contributed by atoms with van der Waals surface area (Å²) >= 11 is 0. The summed E-state index contributed by atoms with van der Waals surface area (Å²) in [7, 11) is 0. The number of carbonyl (C=O) groups is 1. The van der Waals surface area contributed by atoms with E-state index >= 15 is 0 Å². The van der Waals surface area contributed by atoms with Crippen molar-refractivity contribution in [1.29, 1.82) is 0 Å². The molecular formula is C33H42F4N6O2. The summed E-state index contributed by atoms with van der Waals surface area (Å²) in [5.74, 6) is -0.484. The molecule has 45 heavy (non-hydrogen) atoms. The molecule has 0 saturated carbocycles. The number of rotatable bonds is 6. The van der Waals surface area contributed by atoms with Crippen molar-refractivity contribution in [2.24, 2.45) is 0 Å². The summed E-state index contributed by atoms with van der Waals surface area (Å²) < 4.78 is 62.6. The van der Waals surface area contributed by atoms with Crippen LogP contribution in [0, 0.1) is 5.82 Å². The minimum absolute atomic E-state index is 0.0905. The van der Waals surface area contributed by atoms with Crippen molar-refractivity contribution in [3.63, 3.8) is 0 Å². The molecule has 1 N–H and O–H groups in total. The average molecular weight is 631 g/mol. The molecule has 0 spiro atoms. The maximum Gasteiger partial charge on any atom is 0.434 e. The number of piperazine rings is 1. The average Bonchev–Trinajstić information content (AvgIpc) is 3.52. The molecule has 3 aliphatic rings. The molecule has 12 heteroatoms. The summed E-state index contributed by atoms with van der Waals surface area (Å²) in [6.07, 6.45) is -3.36. The smallest absolute Gasteiger partial charge is 0.378 e. The van der Waals surface area contributed by atoms with Crippen LogP contribution in [-0.4, -0.2) is 95.2 Å². The van der Waals surface area contributed by atoms with Crippen LogP contribution in [0.5, 0.6) is 0 Å². The lowest BCUT2D eigenvalue weighted by Gasteiger charge is -2.46. The van der Waals surface area contributed by atoms with E-state index in [0.717, 1.165) is 24.8 Å². The predicted molar refractivity (Wildman–Crippen MR) is 164 cm³/mol.